The Morgan fingerprint density at radius 3 is 2.84 bits per heavy atom. The zero-order valence-electron chi connectivity index (χ0n) is 14.2. The van der Waals surface area contributed by atoms with Crippen molar-refractivity contribution in [2.45, 2.75) is 18.8 Å². The van der Waals surface area contributed by atoms with E-state index >= 15 is 0 Å². The Morgan fingerprint density at radius 1 is 1.28 bits per heavy atom. The summed E-state index contributed by atoms with van der Waals surface area (Å²) in [4.78, 5) is 19.7. The van der Waals surface area contributed by atoms with Crippen molar-refractivity contribution in [2.75, 3.05) is 39.3 Å². The second kappa shape index (κ2) is 7.06. The summed E-state index contributed by atoms with van der Waals surface area (Å²) in [6.45, 7) is 5.42. The second-order valence-electron chi connectivity index (χ2n) is 6.88. The minimum Gasteiger partial charge on any atom is -0.351 e. The van der Waals surface area contributed by atoms with Crippen molar-refractivity contribution in [1.82, 2.24) is 20.5 Å². The Kier molecular flexibility index (Phi) is 4.63. The van der Waals surface area contributed by atoms with E-state index in [-0.39, 0.29) is 11.7 Å². The first-order valence-electron chi connectivity index (χ1n) is 9.02. The predicted octanol–water partition coefficient (Wildman–Crippen LogP) is 1.89. The Hall–Kier alpha value is -2.05. The summed E-state index contributed by atoms with van der Waals surface area (Å²) >= 11 is 0. The number of benzene rings is 1. The lowest BCUT2D eigenvalue weighted by molar-refractivity contribution is 0.0948. The molecule has 0 radical (unpaired) electrons. The summed E-state index contributed by atoms with van der Waals surface area (Å²) in [6.07, 6.45) is 2.23. The number of carbonyl (C=O) groups is 1. The SMILES string of the molecule is O=C(NCCN1CCNCC1)c1cc(C2CC2)nc2ccc(F)cc12. The van der Waals surface area contributed by atoms with Gasteiger partial charge in [0.05, 0.1) is 11.1 Å². The van der Waals surface area contributed by atoms with E-state index in [0.717, 1.165) is 51.3 Å². The molecule has 0 unspecified atom stereocenters. The van der Waals surface area contributed by atoms with Crippen LogP contribution in [0.5, 0.6) is 0 Å². The molecule has 1 aromatic carbocycles. The number of aromatic nitrogens is 1. The van der Waals surface area contributed by atoms with Crippen LogP contribution in [-0.4, -0.2) is 55.1 Å². The third-order valence-electron chi connectivity index (χ3n) is 4.95. The number of halogens is 1. The highest BCUT2D eigenvalue weighted by Gasteiger charge is 2.27. The van der Waals surface area contributed by atoms with Crippen molar-refractivity contribution in [1.29, 1.82) is 0 Å². The summed E-state index contributed by atoms with van der Waals surface area (Å²) in [6, 6.07) is 6.32. The second-order valence-corrected chi connectivity index (χ2v) is 6.88. The molecule has 4 rings (SSSR count). The van der Waals surface area contributed by atoms with Crippen molar-refractivity contribution in [3.05, 3.63) is 41.3 Å². The third-order valence-corrected chi connectivity index (χ3v) is 4.95. The molecule has 1 amide bonds. The highest BCUT2D eigenvalue weighted by atomic mass is 19.1. The Bertz CT molecular complexity index is 784. The predicted molar refractivity (Wildman–Crippen MR) is 95.3 cm³/mol. The van der Waals surface area contributed by atoms with Crippen molar-refractivity contribution < 1.29 is 9.18 Å². The number of nitrogens with zero attached hydrogens (tertiary/aromatic N) is 2. The number of pyridine rings is 1. The molecule has 5 nitrogen and oxygen atoms in total. The van der Waals surface area contributed by atoms with Gasteiger partial charge in [-0.1, -0.05) is 0 Å². The van der Waals surface area contributed by atoms with Gasteiger partial charge in [-0.25, -0.2) is 4.39 Å². The molecule has 2 N–H and O–H groups in total. The normalized spacial score (nSPS) is 18.4. The number of amides is 1. The fourth-order valence-corrected chi connectivity index (χ4v) is 3.35. The summed E-state index contributed by atoms with van der Waals surface area (Å²) < 4.78 is 13.7. The number of nitrogens with one attached hydrogen (secondary N) is 2. The van der Waals surface area contributed by atoms with Gasteiger partial charge in [-0.3, -0.25) is 14.7 Å². The fourth-order valence-electron chi connectivity index (χ4n) is 3.35. The maximum atomic E-state index is 13.7. The molecule has 1 aromatic heterocycles. The van der Waals surface area contributed by atoms with E-state index in [1.54, 1.807) is 6.07 Å². The van der Waals surface area contributed by atoms with E-state index in [0.29, 0.717) is 28.9 Å². The highest BCUT2D eigenvalue weighted by molar-refractivity contribution is 6.06. The number of rotatable bonds is 5. The van der Waals surface area contributed by atoms with Crippen LogP contribution in [0.25, 0.3) is 10.9 Å². The Balaban J connectivity index is 1.51. The maximum Gasteiger partial charge on any atom is 0.252 e. The van der Waals surface area contributed by atoms with E-state index in [2.05, 4.69) is 20.5 Å². The molecule has 1 saturated heterocycles. The molecule has 0 atom stereocenters. The first-order valence-corrected chi connectivity index (χ1v) is 9.02. The van der Waals surface area contributed by atoms with Crippen LogP contribution in [0.4, 0.5) is 4.39 Å². The van der Waals surface area contributed by atoms with E-state index in [1.165, 1.54) is 12.1 Å². The van der Waals surface area contributed by atoms with Crippen LogP contribution in [0.15, 0.2) is 24.3 Å². The average Bonchev–Trinajstić information content (AvgIpc) is 3.47. The number of piperazine rings is 1. The number of hydrogen-bond acceptors (Lipinski definition) is 4. The number of hydrogen-bond donors (Lipinski definition) is 2. The average molecular weight is 342 g/mol. The lowest BCUT2D eigenvalue weighted by Crippen LogP contribution is -2.46. The van der Waals surface area contributed by atoms with Gasteiger partial charge in [0.1, 0.15) is 5.82 Å². The van der Waals surface area contributed by atoms with Gasteiger partial charge in [0.15, 0.2) is 0 Å². The van der Waals surface area contributed by atoms with Gasteiger partial charge in [0, 0.05) is 56.3 Å². The van der Waals surface area contributed by atoms with Crippen LogP contribution >= 0.6 is 0 Å². The standard InChI is InChI=1S/C19H23FN4O/c20-14-3-4-17-15(11-14)16(12-18(23-17)13-1-2-13)19(25)22-7-10-24-8-5-21-6-9-24/h3-4,11-13,21H,1-2,5-10H2,(H,22,25). The molecule has 0 spiro atoms. The topological polar surface area (TPSA) is 57.3 Å². The smallest absolute Gasteiger partial charge is 0.252 e. The molecule has 1 aliphatic carbocycles. The Labute approximate surface area is 146 Å². The molecule has 2 aliphatic rings. The van der Waals surface area contributed by atoms with Gasteiger partial charge in [-0.15, -0.1) is 0 Å². The van der Waals surface area contributed by atoms with E-state index in [4.69, 9.17) is 0 Å². The van der Waals surface area contributed by atoms with Gasteiger partial charge in [-0.2, -0.15) is 0 Å². The third kappa shape index (κ3) is 3.80. The molecule has 1 saturated carbocycles. The lowest BCUT2D eigenvalue weighted by Gasteiger charge is -2.27. The number of carbonyl (C=O) groups excluding carboxylic acids is 1. The molecule has 2 heterocycles. The van der Waals surface area contributed by atoms with Crippen molar-refractivity contribution in [2.24, 2.45) is 0 Å². The van der Waals surface area contributed by atoms with Gasteiger partial charge < -0.3 is 10.6 Å². The summed E-state index contributed by atoms with van der Waals surface area (Å²) in [5.74, 6) is -0.0415. The van der Waals surface area contributed by atoms with Crippen LogP contribution in [-0.2, 0) is 0 Å². The summed E-state index contributed by atoms with van der Waals surface area (Å²) in [5.41, 5.74) is 2.18. The van der Waals surface area contributed by atoms with Crippen LogP contribution in [0, 0.1) is 5.82 Å². The molecule has 6 heteroatoms. The zero-order valence-corrected chi connectivity index (χ0v) is 14.2. The molecule has 25 heavy (non-hydrogen) atoms. The summed E-state index contributed by atoms with van der Waals surface area (Å²) in [5, 5.41) is 6.90. The fraction of sp³-hybridized carbons (Fsp3) is 0.474. The molecule has 132 valence electrons. The molecular formula is C19H23FN4O. The van der Waals surface area contributed by atoms with E-state index in [1.807, 2.05) is 6.07 Å². The molecule has 2 aromatic rings. The van der Waals surface area contributed by atoms with E-state index < -0.39 is 0 Å². The largest absolute Gasteiger partial charge is 0.351 e. The van der Waals surface area contributed by atoms with Gasteiger partial charge >= 0.3 is 0 Å². The monoisotopic (exact) mass is 342 g/mol. The highest BCUT2D eigenvalue weighted by Crippen LogP contribution is 2.40. The first kappa shape index (κ1) is 16.4. The van der Waals surface area contributed by atoms with Gasteiger partial charge in [0.25, 0.3) is 5.91 Å². The van der Waals surface area contributed by atoms with Crippen molar-refractivity contribution in [3.63, 3.8) is 0 Å². The van der Waals surface area contributed by atoms with Crippen LogP contribution in [0.2, 0.25) is 0 Å². The molecule has 2 fully saturated rings. The summed E-state index contributed by atoms with van der Waals surface area (Å²) in [7, 11) is 0. The van der Waals surface area contributed by atoms with E-state index in [9.17, 15) is 9.18 Å². The van der Waals surface area contributed by atoms with Gasteiger partial charge in [0.2, 0.25) is 0 Å². The minimum atomic E-state index is -0.344. The zero-order chi connectivity index (χ0) is 17.2. The van der Waals surface area contributed by atoms with Crippen molar-refractivity contribution in [3.8, 4) is 0 Å². The first-order chi connectivity index (χ1) is 12.2. The Morgan fingerprint density at radius 2 is 2.08 bits per heavy atom. The quantitative estimate of drug-likeness (QED) is 0.871. The van der Waals surface area contributed by atoms with Crippen LogP contribution in [0.3, 0.4) is 0 Å². The van der Waals surface area contributed by atoms with Gasteiger partial charge in [-0.05, 0) is 37.1 Å². The van der Waals surface area contributed by atoms with Crippen LogP contribution < -0.4 is 10.6 Å². The maximum absolute atomic E-state index is 13.7. The minimum absolute atomic E-state index is 0.143. The molecule has 0 bridgehead atoms. The lowest BCUT2D eigenvalue weighted by atomic mass is 10.1. The molecular weight excluding hydrogens is 319 g/mol. The number of fused-ring (bicyclic) bond motifs is 1. The molecule has 1 aliphatic heterocycles. The van der Waals surface area contributed by atoms with Crippen LogP contribution in [0.1, 0.15) is 34.8 Å². The van der Waals surface area contributed by atoms with Crippen molar-refractivity contribution >= 4 is 16.8 Å².